The Kier molecular flexibility index (Phi) is 3.95. The molecule has 0 aliphatic heterocycles. The molecule has 0 aromatic heterocycles. The summed E-state index contributed by atoms with van der Waals surface area (Å²) >= 11 is 0. The summed E-state index contributed by atoms with van der Waals surface area (Å²) < 4.78 is 0. The molecule has 0 saturated heterocycles. The molecule has 6 heteroatoms. The Morgan fingerprint density at radius 1 is 1.25 bits per heavy atom. The highest BCUT2D eigenvalue weighted by Gasteiger charge is 2.05. The van der Waals surface area contributed by atoms with Crippen LogP contribution in [0.5, 0.6) is 0 Å². The molecule has 0 heterocycles. The Bertz CT molecular complexity index is 650. The normalized spacial score (nSPS) is 11.2. The molecule has 0 aliphatic rings. The third-order valence-corrected chi connectivity index (χ3v) is 2.74. The van der Waals surface area contributed by atoms with Crippen LogP contribution in [0.1, 0.15) is 12.5 Å². The van der Waals surface area contributed by atoms with Gasteiger partial charge in [-0.05, 0) is 30.7 Å². The molecule has 0 aliphatic carbocycles. The van der Waals surface area contributed by atoms with Crippen LogP contribution in [-0.4, -0.2) is 10.6 Å². The Morgan fingerprint density at radius 3 is 2.60 bits per heavy atom. The summed E-state index contributed by atoms with van der Waals surface area (Å²) in [6.07, 6.45) is 0. The van der Waals surface area contributed by atoms with E-state index in [0.717, 1.165) is 11.3 Å². The summed E-state index contributed by atoms with van der Waals surface area (Å²) in [6.45, 7) is 1.84. The van der Waals surface area contributed by atoms with Crippen molar-refractivity contribution in [2.45, 2.75) is 6.92 Å². The topological polar surface area (TPSA) is 93.5 Å². The number of nitro groups is 1. The third kappa shape index (κ3) is 3.32. The van der Waals surface area contributed by atoms with Gasteiger partial charge in [0, 0.05) is 17.8 Å². The smallest absolute Gasteiger partial charge is 0.271 e. The quantitative estimate of drug-likeness (QED) is 0.386. The number of nitrogen functional groups attached to an aromatic ring is 1. The average molecular weight is 270 g/mol. The maximum atomic E-state index is 10.7. The monoisotopic (exact) mass is 270 g/mol. The molecule has 2 aromatic rings. The molecule has 0 atom stereocenters. The molecule has 6 nitrogen and oxygen atoms in total. The molecule has 3 N–H and O–H groups in total. The van der Waals surface area contributed by atoms with E-state index in [1.807, 2.05) is 19.1 Å². The summed E-state index contributed by atoms with van der Waals surface area (Å²) in [7, 11) is 0. The van der Waals surface area contributed by atoms with Gasteiger partial charge in [-0.15, -0.1) is 0 Å². The van der Waals surface area contributed by atoms with Crippen molar-refractivity contribution in [1.82, 2.24) is 0 Å². The molecule has 102 valence electrons. The lowest BCUT2D eigenvalue weighted by Gasteiger charge is -2.04. The van der Waals surface area contributed by atoms with Gasteiger partial charge in [-0.2, -0.15) is 5.10 Å². The van der Waals surface area contributed by atoms with Crippen molar-refractivity contribution >= 4 is 22.8 Å². The second-order valence-corrected chi connectivity index (χ2v) is 4.24. The zero-order chi connectivity index (χ0) is 14.5. The third-order valence-electron chi connectivity index (χ3n) is 2.74. The summed E-state index contributed by atoms with van der Waals surface area (Å²) in [5.41, 5.74) is 11.4. The fourth-order valence-electron chi connectivity index (χ4n) is 1.63. The van der Waals surface area contributed by atoms with Gasteiger partial charge in [-0.3, -0.25) is 15.5 Å². The molecular weight excluding hydrogens is 256 g/mol. The summed E-state index contributed by atoms with van der Waals surface area (Å²) in [6, 6.07) is 13.5. The van der Waals surface area contributed by atoms with Crippen LogP contribution in [0.4, 0.5) is 17.1 Å². The number of rotatable bonds is 4. The molecule has 0 saturated carbocycles. The van der Waals surface area contributed by atoms with Crippen LogP contribution >= 0.6 is 0 Å². The molecule has 0 unspecified atom stereocenters. The zero-order valence-corrected chi connectivity index (χ0v) is 10.9. The predicted octanol–water partition coefficient (Wildman–Crippen LogP) is 3.01. The minimum absolute atomic E-state index is 0.0235. The Balaban J connectivity index is 2.14. The Labute approximate surface area is 116 Å². The number of non-ortho nitro benzene ring substituents is 1. The average Bonchev–Trinajstić information content (AvgIpc) is 2.46. The highest BCUT2D eigenvalue weighted by Crippen LogP contribution is 2.17. The lowest BCUT2D eigenvalue weighted by atomic mass is 10.1. The number of hydrogen-bond donors (Lipinski definition) is 2. The standard InChI is InChI=1S/C14H14N4O2/c1-10(11-5-7-12(15)8-6-11)16-17-13-3-2-4-14(9-13)18(19)20/h2-9,17H,15H2,1H3/b16-10-. The molecule has 20 heavy (non-hydrogen) atoms. The lowest BCUT2D eigenvalue weighted by Crippen LogP contribution is -2.00. The minimum Gasteiger partial charge on any atom is -0.399 e. The van der Waals surface area contributed by atoms with E-state index in [4.69, 9.17) is 5.73 Å². The fourth-order valence-corrected chi connectivity index (χ4v) is 1.63. The van der Waals surface area contributed by atoms with Gasteiger partial charge in [0.1, 0.15) is 0 Å². The summed E-state index contributed by atoms with van der Waals surface area (Å²) in [5.74, 6) is 0. The first kappa shape index (κ1) is 13.5. The van der Waals surface area contributed by atoms with Crippen LogP contribution in [0, 0.1) is 10.1 Å². The Hall–Kier alpha value is -2.89. The molecule has 2 aromatic carbocycles. The van der Waals surface area contributed by atoms with Crippen LogP contribution in [0.2, 0.25) is 0 Å². The highest BCUT2D eigenvalue weighted by molar-refractivity contribution is 5.99. The number of nitro benzene ring substituents is 1. The van der Waals surface area contributed by atoms with Crippen LogP contribution in [0.25, 0.3) is 0 Å². The van der Waals surface area contributed by atoms with E-state index in [0.29, 0.717) is 11.4 Å². The molecule has 2 rings (SSSR count). The van der Waals surface area contributed by atoms with E-state index < -0.39 is 4.92 Å². The molecule has 0 radical (unpaired) electrons. The van der Waals surface area contributed by atoms with E-state index in [1.54, 1.807) is 24.3 Å². The van der Waals surface area contributed by atoms with Crippen molar-refractivity contribution in [2.75, 3.05) is 11.2 Å². The SMILES string of the molecule is C/C(=N/Nc1cccc([N+](=O)[O-])c1)c1ccc(N)cc1. The van der Waals surface area contributed by atoms with Gasteiger partial charge in [0.15, 0.2) is 0 Å². The summed E-state index contributed by atoms with van der Waals surface area (Å²) in [4.78, 5) is 10.2. The van der Waals surface area contributed by atoms with Gasteiger partial charge in [0.25, 0.3) is 5.69 Å². The van der Waals surface area contributed by atoms with Crippen LogP contribution in [0.3, 0.4) is 0 Å². The van der Waals surface area contributed by atoms with Gasteiger partial charge in [0.05, 0.1) is 16.3 Å². The van der Waals surface area contributed by atoms with Crippen LogP contribution in [0.15, 0.2) is 53.6 Å². The van der Waals surface area contributed by atoms with Gasteiger partial charge in [-0.25, -0.2) is 0 Å². The number of nitrogens with one attached hydrogen (secondary N) is 1. The number of nitrogens with two attached hydrogens (primary N) is 1. The van der Waals surface area contributed by atoms with Crippen molar-refractivity contribution in [3.8, 4) is 0 Å². The van der Waals surface area contributed by atoms with Crippen molar-refractivity contribution in [1.29, 1.82) is 0 Å². The van der Waals surface area contributed by atoms with E-state index in [9.17, 15) is 10.1 Å². The largest absolute Gasteiger partial charge is 0.399 e. The first-order chi connectivity index (χ1) is 9.56. The van der Waals surface area contributed by atoms with Crippen LogP contribution in [-0.2, 0) is 0 Å². The van der Waals surface area contributed by atoms with Gasteiger partial charge in [-0.1, -0.05) is 18.2 Å². The zero-order valence-electron chi connectivity index (χ0n) is 10.9. The first-order valence-corrected chi connectivity index (χ1v) is 5.97. The molecular formula is C14H14N4O2. The van der Waals surface area contributed by atoms with Gasteiger partial charge < -0.3 is 5.73 Å². The molecule has 0 fully saturated rings. The lowest BCUT2D eigenvalue weighted by molar-refractivity contribution is -0.384. The highest BCUT2D eigenvalue weighted by atomic mass is 16.6. The number of hydrogen-bond acceptors (Lipinski definition) is 5. The maximum absolute atomic E-state index is 10.7. The van der Waals surface area contributed by atoms with Crippen molar-refractivity contribution in [2.24, 2.45) is 5.10 Å². The maximum Gasteiger partial charge on any atom is 0.271 e. The minimum atomic E-state index is -0.443. The number of nitrogens with zero attached hydrogens (tertiary/aromatic N) is 2. The molecule has 0 bridgehead atoms. The van der Waals surface area contributed by atoms with E-state index >= 15 is 0 Å². The predicted molar refractivity (Wildman–Crippen MR) is 79.8 cm³/mol. The fraction of sp³-hybridized carbons (Fsp3) is 0.0714. The number of hydrazone groups is 1. The van der Waals surface area contributed by atoms with Gasteiger partial charge >= 0.3 is 0 Å². The van der Waals surface area contributed by atoms with E-state index in [1.165, 1.54) is 12.1 Å². The Morgan fingerprint density at radius 2 is 1.95 bits per heavy atom. The second kappa shape index (κ2) is 5.83. The van der Waals surface area contributed by atoms with Crippen LogP contribution < -0.4 is 11.2 Å². The number of benzene rings is 2. The van der Waals surface area contributed by atoms with Crippen molar-refractivity contribution in [3.63, 3.8) is 0 Å². The molecule has 0 spiro atoms. The summed E-state index contributed by atoms with van der Waals surface area (Å²) in [5, 5.41) is 14.9. The van der Waals surface area contributed by atoms with Gasteiger partial charge in [0.2, 0.25) is 0 Å². The van der Waals surface area contributed by atoms with E-state index in [2.05, 4.69) is 10.5 Å². The van der Waals surface area contributed by atoms with Crippen molar-refractivity contribution in [3.05, 3.63) is 64.2 Å². The molecule has 0 amide bonds. The number of anilines is 2. The first-order valence-electron chi connectivity index (χ1n) is 5.97. The van der Waals surface area contributed by atoms with Crippen molar-refractivity contribution < 1.29 is 4.92 Å². The van der Waals surface area contributed by atoms with E-state index in [-0.39, 0.29) is 5.69 Å². The second-order valence-electron chi connectivity index (χ2n) is 4.24.